The van der Waals surface area contributed by atoms with Crippen LogP contribution in [-0.2, 0) is 6.42 Å². The van der Waals surface area contributed by atoms with Gasteiger partial charge in [-0.25, -0.2) is 0 Å². The molecule has 1 heteroatoms. The highest BCUT2D eigenvalue weighted by molar-refractivity contribution is 5.15. The average Bonchev–Trinajstić information content (AvgIpc) is 2.33. The molecular formula is C15H19N. The first-order valence-electron chi connectivity index (χ1n) is 6.02. The summed E-state index contributed by atoms with van der Waals surface area (Å²) in [4.78, 5) is 2.31. The number of benzene rings is 1. The van der Waals surface area contributed by atoms with Crippen LogP contribution in [0.4, 0.5) is 0 Å². The first-order valence-corrected chi connectivity index (χ1v) is 6.02. The molecule has 84 valence electrons. The Kier molecular flexibility index (Phi) is 3.85. The lowest BCUT2D eigenvalue weighted by Crippen LogP contribution is -2.30. The van der Waals surface area contributed by atoms with E-state index in [1.807, 2.05) is 6.20 Å². The van der Waals surface area contributed by atoms with Crippen LogP contribution in [0.3, 0.4) is 0 Å². The van der Waals surface area contributed by atoms with Gasteiger partial charge in [0.15, 0.2) is 0 Å². The first kappa shape index (κ1) is 11.0. The number of hydrogen-bond donors (Lipinski definition) is 0. The lowest BCUT2D eigenvalue weighted by atomic mass is 9.90. The van der Waals surface area contributed by atoms with E-state index in [0.29, 0.717) is 0 Å². The maximum Gasteiger partial charge on any atom is 0.0417 e. The van der Waals surface area contributed by atoms with Gasteiger partial charge >= 0.3 is 0 Å². The van der Waals surface area contributed by atoms with Crippen LogP contribution in [-0.4, -0.2) is 18.0 Å². The Hall–Kier alpha value is -1.46. The zero-order chi connectivity index (χ0) is 11.2. The fraction of sp³-hybridized carbons (Fsp3) is 0.400. The van der Waals surface area contributed by atoms with Crippen molar-refractivity contribution in [2.45, 2.75) is 19.3 Å². The molecule has 1 aromatic carbocycles. The first-order chi connectivity index (χ1) is 7.88. The summed E-state index contributed by atoms with van der Waals surface area (Å²) in [5.41, 5.74) is 4.33. The van der Waals surface area contributed by atoms with Gasteiger partial charge in [0, 0.05) is 19.3 Å². The standard InChI is InChI=1S/C15H19N/c1-2-10-16-11-8-15(9-12-16)13-14-6-4-3-5-7-14/h3-7,10,15H,1,8-9,11-13H2. The molecule has 0 aliphatic carbocycles. The SMILES string of the molecule is C=C=CN1CCC(Cc2ccccc2)CC1. The molecule has 0 spiro atoms. The summed E-state index contributed by atoms with van der Waals surface area (Å²) in [5.74, 6) is 0.844. The van der Waals surface area contributed by atoms with Crippen molar-refractivity contribution in [1.29, 1.82) is 0 Å². The van der Waals surface area contributed by atoms with Crippen molar-refractivity contribution in [3.63, 3.8) is 0 Å². The van der Waals surface area contributed by atoms with Gasteiger partial charge in [0.05, 0.1) is 0 Å². The van der Waals surface area contributed by atoms with Crippen molar-refractivity contribution in [2.75, 3.05) is 13.1 Å². The second kappa shape index (κ2) is 5.58. The van der Waals surface area contributed by atoms with Crippen LogP contribution in [0.25, 0.3) is 0 Å². The van der Waals surface area contributed by atoms with Gasteiger partial charge in [0.2, 0.25) is 0 Å². The van der Waals surface area contributed by atoms with E-state index in [-0.39, 0.29) is 0 Å². The molecule has 0 atom stereocenters. The van der Waals surface area contributed by atoms with E-state index in [1.165, 1.54) is 24.8 Å². The van der Waals surface area contributed by atoms with Gasteiger partial charge in [-0.2, -0.15) is 0 Å². The molecule has 1 saturated heterocycles. The summed E-state index contributed by atoms with van der Waals surface area (Å²) in [7, 11) is 0. The Balaban J connectivity index is 1.84. The van der Waals surface area contributed by atoms with Crippen molar-refractivity contribution in [3.8, 4) is 0 Å². The number of piperidine rings is 1. The minimum atomic E-state index is 0.844. The summed E-state index contributed by atoms with van der Waals surface area (Å²) in [6.45, 7) is 5.92. The zero-order valence-corrected chi connectivity index (χ0v) is 9.73. The second-order valence-corrected chi connectivity index (χ2v) is 4.50. The topological polar surface area (TPSA) is 3.24 Å². The number of hydrogen-bond acceptors (Lipinski definition) is 1. The molecule has 1 aromatic rings. The fourth-order valence-electron chi connectivity index (χ4n) is 2.36. The largest absolute Gasteiger partial charge is 0.371 e. The summed E-state index contributed by atoms with van der Waals surface area (Å²) in [5, 5.41) is 0. The van der Waals surface area contributed by atoms with Crippen LogP contribution in [0.5, 0.6) is 0 Å². The van der Waals surface area contributed by atoms with Crippen molar-refractivity contribution >= 4 is 0 Å². The van der Waals surface area contributed by atoms with E-state index < -0.39 is 0 Å². The van der Waals surface area contributed by atoms with Gasteiger partial charge in [-0.15, -0.1) is 5.73 Å². The maximum absolute atomic E-state index is 3.62. The molecule has 1 aliphatic rings. The maximum atomic E-state index is 3.62. The fourth-order valence-corrected chi connectivity index (χ4v) is 2.36. The van der Waals surface area contributed by atoms with Crippen molar-refractivity contribution in [2.24, 2.45) is 5.92 Å². The third-order valence-electron chi connectivity index (χ3n) is 3.29. The smallest absolute Gasteiger partial charge is 0.0417 e. The minimum Gasteiger partial charge on any atom is -0.371 e. The van der Waals surface area contributed by atoms with E-state index >= 15 is 0 Å². The summed E-state index contributed by atoms with van der Waals surface area (Å²) in [6, 6.07) is 10.8. The molecule has 0 amide bonds. The Morgan fingerprint density at radius 1 is 1.25 bits per heavy atom. The lowest BCUT2D eigenvalue weighted by molar-refractivity contribution is 0.243. The third kappa shape index (κ3) is 3.01. The van der Waals surface area contributed by atoms with Crippen LogP contribution in [0, 0.1) is 5.92 Å². The molecular weight excluding hydrogens is 194 g/mol. The van der Waals surface area contributed by atoms with E-state index in [9.17, 15) is 0 Å². The van der Waals surface area contributed by atoms with Gasteiger partial charge in [-0.05, 0) is 30.7 Å². The Bertz CT molecular complexity index is 354. The van der Waals surface area contributed by atoms with Crippen molar-refractivity contribution in [1.82, 2.24) is 4.90 Å². The van der Waals surface area contributed by atoms with Crippen LogP contribution in [0.2, 0.25) is 0 Å². The van der Waals surface area contributed by atoms with Crippen molar-refractivity contribution < 1.29 is 0 Å². The van der Waals surface area contributed by atoms with Crippen LogP contribution < -0.4 is 0 Å². The number of likely N-dealkylation sites (tertiary alicyclic amines) is 1. The molecule has 1 heterocycles. The monoisotopic (exact) mass is 213 g/mol. The zero-order valence-electron chi connectivity index (χ0n) is 9.73. The predicted molar refractivity (Wildman–Crippen MR) is 68.2 cm³/mol. The highest BCUT2D eigenvalue weighted by atomic mass is 15.1. The molecule has 2 rings (SSSR count). The molecule has 0 radical (unpaired) electrons. The van der Waals surface area contributed by atoms with E-state index in [0.717, 1.165) is 19.0 Å². The van der Waals surface area contributed by atoms with Gasteiger partial charge in [0.1, 0.15) is 0 Å². The van der Waals surface area contributed by atoms with E-state index in [2.05, 4.69) is 47.5 Å². The normalized spacial score (nSPS) is 16.9. The lowest BCUT2D eigenvalue weighted by Gasteiger charge is -2.30. The quantitative estimate of drug-likeness (QED) is 0.697. The summed E-state index contributed by atoms with van der Waals surface area (Å²) in [6.07, 6.45) is 5.78. The molecule has 1 nitrogen and oxygen atoms in total. The number of rotatable bonds is 3. The highest BCUT2D eigenvalue weighted by Gasteiger charge is 2.17. The van der Waals surface area contributed by atoms with Crippen molar-refractivity contribution in [3.05, 3.63) is 54.4 Å². The average molecular weight is 213 g/mol. The van der Waals surface area contributed by atoms with Gasteiger partial charge < -0.3 is 4.90 Å². The van der Waals surface area contributed by atoms with Crippen LogP contribution >= 0.6 is 0 Å². The van der Waals surface area contributed by atoms with Gasteiger partial charge in [0.25, 0.3) is 0 Å². The molecule has 1 aliphatic heterocycles. The molecule has 0 saturated carbocycles. The second-order valence-electron chi connectivity index (χ2n) is 4.50. The van der Waals surface area contributed by atoms with Crippen LogP contribution in [0.15, 0.2) is 48.8 Å². The Morgan fingerprint density at radius 3 is 2.56 bits per heavy atom. The summed E-state index contributed by atoms with van der Waals surface area (Å²) < 4.78 is 0. The Morgan fingerprint density at radius 2 is 1.94 bits per heavy atom. The molecule has 0 bridgehead atoms. The minimum absolute atomic E-state index is 0.844. The Labute approximate surface area is 98.1 Å². The molecule has 0 unspecified atom stereocenters. The molecule has 0 aromatic heterocycles. The molecule has 1 fully saturated rings. The molecule has 16 heavy (non-hydrogen) atoms. The summed E-state index contributed by atoms with van der Waals surface area (Å²) >= 11 is 0. The van der Waals surface area contributed by atoms with Gasteiger partial charge in [-0.3, -0.25) is 0 Å². The van der Waals surface area contributed by atoms with E-state index in [1.54, 1.807) is 0 Å². The van der Waals surface area contributed by atoms with Gasteiger partial charge in [-0.1, -0.05) is 36.9 Å². The highest BCUT2D eigenvalue weighted by Crippen LogP contribution is 2.21. The van der Waals surface area contributed by atoms with Crippen LogP contribution in [0.1, 0.15) is 18.4 Å². The van der Waals surface area contributed by atoms with E-state index in [4.69, 9.17) is 0 Å². The molecule has 0 N–H and O–H groups in total. The predicted octanol–water partition coefficient (Wildman–Crippen LogP) is 3.24. The number of nitrogens with zero attached hydrogens (tertiary/aromatic N) is 1. The third-order valence-corrected chi connectivity index (χ3v) is 3.29.